The van der Waals surface area contributed by atoms with Crippen LogP contribution in [-0.2, 0) is 22.6 Å². The predicted octanol–water partition coefficient (Wildman–Crippen LogP) is 3.01. The molecule has 3 rings (SSSR count). The normalized spacial score (nSPS) is 15.9. The minimum atomic E-state index is -0.597. The van der Waals surface area contributed by atoms with Crippen LogP contribution in [0.1, 0.15) is 17.5 Å². The van der Waals surface area contributed by atoms with Crippen molar-refractivity contribution in [2.75, 3.05) is 24.4 Å². The average molecular weight is 450 g/mol. The van der Waals surface area contributed by atoms with E-state index in [1.165, 1.54) is 11.1 Å². The highest BCUT2D eigenvalue weighted by Crippen LogP contribution is 2.18. The zero-order chi connectivity index (χ0) is 20.6. The molecule has 0 fully saturated rings. The van der Waals surface area contributed by atoms with Gasteiger partial charge in [0.1, 0.15) is 11.8 Å². The molecule has 0 spiro atoms. The lowest BCUT2D eigenvalue weighted by Crippen LogP contribution is -2.53. The highest BCUT2D eigenvalue weighted by atomic mass is 35.5. The summed E-state index contributed by atoms with van der Waals surface area (Å²) in [5, 5.41) is 9.10. The third-order valence-electron chi connectivity index (χ3n) is 4.98. The van der Waals surface area contributed by atoms with E-state index in [0.29, 0.717) is 30.8 Å². The molecule has 0 saturated heterocycles. The monoisotopic (exact) mass is 449 g/mol. The van der Waals surface area contributed by atoms with Gasteiger partial charge < -0.3 is 20.7 Å². The molecule has 0 aromatic heterocycles. The number of rotatable bonds is 8. The predicted molar refractivity (Wildman–Crippen MR) is 125 cm³/mol. The van der Waals surface area contributed by atoms with Crippen molar-refractivity contribution in [3.63, 3.8) is 0 Å². The van der Waals surface area contributed by atoms with Gasteiger partial charge in [0.25, 0.3) is 0 Å². The molecular weight excluding hydrogens is 422 g/mol. The summed E-state index contributed by atoms with van der Waals surface area (Å²) in [5.41, 5.74) is 3.03. The second kappa shape index (κ2) is 11.8. The van der Waals surface area contributed by atoms with Gasteiger partial charge in [-0.25, -0.2) is 0 Å². The molecule has 0 saturated carbocycles. The van der Waals surface area contributed by atoms with Crippen molar-refractivity contribution >= 4 is 41.7 Å². The Hall–Kier alpha value is -2.22. The summed E-state index contributed by atoms with van der Waals surface area (Å²) in [7, 11) is 1.58. The van der Waals surface area contributed by atoms with E-state index in [2.05, 4.69) is 28.1 Å². The van der Waals surface area contributed by atoms with Gasteiger partial charge >= 0.3 is 0 Å². The van der Waals surface area contributed by atoms with Crippen LogP contribution in [0.25, 0.3) is 0 Å². The third kappa shape index (κ3) is 6.39. The van der Waals surface area contributed by atoms with Gasteiger partial charge in [0.2, 0.25) is 11.8 Å². The molecule has 2 aromatic rings. The smallest absolute Gasteiger partial charge is 0.246 e. The number of halogens is 1. The number of thioether (sulfide) groups is 1. The lowest BCUT2D eigenvalue weighted by molar-refractivity contribution is -0.128. The summed E-state index contributed by atoms with van der Waals surface area (Å²) in [4.78, 5) is 25.7. The number of anilines is 1. The van der Waals surface area contributed by atoms with Crippen LogP contribution in [-0.4, -0.2) is 43.0 Å². The van der Waals surface area contributed by atoms with E-state index in [1.54, 1.807) is 31.0 Å². The van der Waals surface area contributed by atoms with Crippen LogP contribution in [0.3, 0.4) is 0 Å². The third-order valence-corrected chi connectivity index (χ3v) is 5.62. The summed E-state index contributed by atoms with van der Waals surface area (Å²) < 4.78 is 5.20. The molecule has 0 bridgehead atoms. The van der Waals surface area contributed by atoms with Crippen LogP contribution in [0.4, 0.5) is 5.69 Å². The molecule has 2 amide bonds. The van der Waals surface area contributed by atoms with E-state index in [-0.39, 0.29) is 30.3 Å². The molecule has 2 atom stereocenters. The van der Waals surface area contributed by atoms with Gasteiger partial charge in [0, 0.05) is 18.3 Å². The summed E-state index contributed by atoms with van der Waals surface area (Å²) in [6.45, 7) is 0.653. The molecular formula is C22H28ClN3O3S. The van der Waals surface area contributed by atoms with Crippen molar-refractivity contribution < 1.29 is 14.3 Å². The molecule has 1 aliphatic rings. The van der Waals surface area contributed by atoms with E-state index in [9.17, 15) is 9.59 Å². The van der Waals surface area contributed by atoms with Crippen molar-refractivity contribution in [2.45, 2.75) is 31.5 Å². The topological polar surface area (TPSA) is 79.5 Å². The maximum atomic E-state index is 12.9. The van der Waals surface area contributed by atoms with Crippen molar-refractivity contribution in [3.8, 4) is 5.75 Å². The first-order valence-corrected chi connectivity index (χ1v) is 11.0. The standard InChI is InChI=1S/C22H27N3O3S.ClH/c1-28-18-9-5-8-17(13-18)24-21(26)19(10-11-29-2)25-22(27)20-12-15-6-3-4-7-16(15)14-23-20;/h3-9,13,19-20,23H,10-12,14H2,1-2H3,(H,24,26)(H,25,27);1H/t19-,20-;/m0./s1. The zero-order valence-corrected chi connectivity index (χ0v) is 18.8. The molecule has 30 heavy (non-hydrogen) atoms. The number of amides is 2. The van der Waals surface area contributed by atoms with Crippen LogP contribution in [0, 0.1) is 0 Å². The maximum Gasteiger partial charge on any atom is 0.246 e. The van der Waals surface area contributed by atoms with Gasteiger partial charge in [0.05, 0.1) is 13.2 Å². The molecule has 6 nitrogen and oxygen atoms in total. The Kier molecular flexibility index (Phi) is 9.49. The highest BCUT2D eigenvalue weighted by Gasteiger charge is 2.28. The number of ether oxygens (including phenoxy) is 1. The minimum absolute atomic E-state index is 0. The summed E-state index contributed by atoms with van der Waals surface area (Å²) in [5.74, 6) is 1.07. The van der Waals surface area contributed by atoms with Crippen molar-refractivity contribution in [1.29, 1.82) is 0 Å². The Morgan fingerprint density at radius 3 is 2.70 bits per heavy atom. The maximum absolute atomic E-state index is 12.9. The minimum Gasteiger partial charge on any atom is -0.497 e. The first-order chi connectivity index (χ1) is 14.1. The largest absolute Gasteiger partial charge is 0.497 e. The molecule has 0 radical (unpaired) electrons. The Morgan fingerprint density at radius 1 is 1.20 bits per heavy atom. The molecule has 0 unspecified atom stereocenters. The number of carbonyl (C=O) groups excluding carboxylic acids is 2. The van der Waals surface area contributed by atoms with Gasteiger partial charge in [-0.05, 0) is 48.1 Å². The molecule has 162 valence electrons. The molecule has 1 heterocycles. The van der Waals surface area contributed by atoms with Crippen molar-refractivity contribution in [1.82, 2.24) is 10.6 Å². The number of nitrogens with one attached hydrogen (secondary N) is 3. The summed E-state index contributed by atoms with van der Waals surface area (Å²) in [6.07, 6.45) is 3.17. The van der Waals surface area contributed by atoms with Gasteiger partial charge in [-0.2, -0.15) is 11.8 Å². The first kappa shape index (κ1) is 24.1. The highest BCUT2D eigenvalue weighted by molar-refractivity contribution is 7.98. The SMILES string of the molecule is COc1cccc(NC(=O)[C@H](CCSC)NC(=O)[C@@H]2Cc3ccccc3CN2)c1.Cl. The van der Waals surface area contributed by atoms with E-state index < -0.39 is 6.04 Å². The number of hydrogen-bond acceptors (Lipinski definition) is 5. The van der Waals surface area contributed by atoms with E-state index in [0.717, 1.165) is 5.75 Å². The van der Waals surface area contributed by atoms with Gasteiger partial charge in [-0.15, -0.1) is 12.4 Å². The lowest BCUT2D eigenvalue weighted by Gasteiger charge is -2.27. The zero-order valence-electron chi connectivity index (χ0n) is 17.1. The van der Waals surface area contributed by atoms with E-state index >= 15 is 0 Å². The van der Waals surface area contributed by atoms with Crippen molar-refractivity contribution in [3.05, 3.63) is 59.7 Å². The number of carbonyl (C=O) groups is 2. The fourth-order valence-electron chi connectivity index (χ4n) is 3.35. The molecule has 0 aliphatic carbocycles. The van der Waals surface area contributed by atoms with Crippen LogP contribution in [0.2, 0.25) is 0 Å². The van der Waals surface area contributed by atoms with Gasteiger partial charge in [0.15, 0.2) is 0 Å². The van der Waals surface area contributed by atoms with Crippen LogP contribution in [0.15, 0.2) is 48.5 Å². The molecule has 1 aliphatic heterocycles. The molecule has 2 aromatic carbocycles. The number of fused-ring (bicyclic) bond motifs is 1. The van der Waals surface area contributed by atoms with Crippen LogP contribution < -0.4 is 20.7 Å². The lowest BCUT2D eigenvalue weighted by atomic mass is 9.95. The fourth-order valence-corrected chi connectivity index (χ4v) is 3.82. The van der Waals surface area contributed by atoms with Crippen molar-refractivity contribution in [2.24, 2.45) is 0 Å². The second-order valence-electron chi connectivity index (χ2n) is 6.97. The van der Waals surface area contributed by atoms with Crippen LogP contribution >= 0.6 is 24.2 Å². The number of methoxy groups -OCH3 is 1. The molecule has 3 N–H and O–H groups in total. The Labute approximate surface area is 187 Å². The first-order valence-electron chi connectivity index (χ1n) is 9.65. The van der Waals surface area contributed by atoms with E-state index in [4.69, 9.17) is 4.74 Å². The molecule has 8 heteroatoms. The summed E-state index contributed by atoms with van der Waals surface area (Å²) in [6, 6.07) is 14.4. The van der Waals surface area contributed by atoms with E-state index in [1.807, 2.05) is 30.5 Å². The Bertz CT molecular complexity index is 865. The van der Waals surface area contributed by atoms with Gasteiger partial charge in [-0.1, -0.05) is 30.3 Å². The van der Waals surface area contributed by atoms with Crippen LogP contribution in [0.5, 0.6) is 5.75 Å². The second-order valence-corrected chi connectivity index (χ2v) is 7.96. The van der Waals surface area contributed by atoms with Gasteiger partial charge in [-0.3, -0.25) is 9.59 Å². The Morgan fingerprint density at radius 2 is 1.97 bits per heavy atom. The fraction of sp³-hybridized carbons (Fsp3) is 0.364. The number of benzene rings is 2. The quantitative estimate of drug-likeness (QED) is 0.577. The average Bonchev–Trinajstić information content (AvgIpc) is 2.76. The Balaban J connectivity index is 0.00000320. The summed E-state index contributed by atoms with van der Waals surface area (Å²) >= 11 is 1.65. The number of hydrogen-bond donors (Lipinski definition) is 3.